The first-order valence-electron chi connectivity index (χ1n) is 11.0. The second-order valence-electron chi connectivity index (χ2n) is 7.84. The molecular weight excluding hydrogens is 464 g/mol. The van der Waals surface area contributed by atoms with Crippen LogP contribution in [0.3, 0.4) is 0 Å². The molecule has 4 aromatic rings. The van der Waals surface area contributed by atoms with Crippen LogP contribution in [-0.4, -0.2) is 37.0 Å². The molecule has 1 amide bonds. The zero-order valence-corrected chi connectivity index (χ0v) is 20.2. The summed E-state index contributed by atoms with van der Waals surface area (Å²) in [5.74, 6) is 0.312. The SMILES string of the molecule is CCS(=O)(=O)Nc1ccc(NC(=O)c2cn(Cc3ccccc3)nc2-c2cccc(OC)c2)cc1. The Morgan fingerprint density at radius 1 is 0.971 bits per heavy atom. The van der Waals surface area contributed by atoms with Crippen molar-refractivity contribution >= 4 is 27.3 Å². The van der Waals surface area contributed by atoms with Gasteiger partial charge >= 0.3 is 0 Å². The van der Waals surface area contributed by atoms with Crippen molar-refractivity contribution in [3.05, 3.63) is 96.2 Å². The Balaban J connectivity index is 1.62. The summed E-state index contributed by atoms with van der Waals surface area (Å²) in [6.45, 7) is 2.08. The summed E-state index contributed by atoms with van der Waals surface area (Å²) in [5.41, 5.74) is 3.71. The number of hydrogen-bond acceptors (Lipinski definition) is 5. The van der Waals surface area contributed by atoms with Gasteiger partial charge in [-0.05, 0) is 48.9 Å². The zero-order chi connectivity index (χ0) is 24.8. The molecule has 0 spiro atoms. The topological polar surface area (TPSA) is 102 Å². The standard InChI is InChI=1S/C26H26N4O4S/c1-3-35(32,33)29-22-14-12-21(13-15-22)27-26(31)24-18-30(17-19-8-5-4-6-9-19)28-25(24)20-10-7-11-23(16-20)34-2/h4-16,18,29H,3,17H2,1-2H3,(H,27,31). The fourth-order valence-corrected chi connectivity index (χ4v) is 4.13. The number of nitrogens with one attached hydrogen (secondary N) is 2. The normalized spacial score (nSPS) is 11.1. The number of sulfonamides is 1. The van der Waals surface area contributed by atoms with Gasteiger partial charge in [-0.2, -0.15) is 5.10 Å². The van der Waals surface area contributed by atoms with Crippen LogP contribution in [0.2, 0.25) is 0 Å². The molecule has 0 aliphatic rings. The summed E-state index contributed by atoms with van der Waals surface area (Å²) >= 11 is 0. The number of ether oxygens (including phenoxy) is 1. The number of hydrogen-bond donors (Lipinski definition) is 2. The van der Waals surface area contributed by atoms with Crippen LogP contribution >= 0.6 is 0 Å². The minimum absolute atomic E-state index is 0.0223. The van der Waals surface area contributed by atoms with Crippen molar-refractivity contribution in [3.63, 3.8) is 0 Å². The lowest BCUT2D eigenvalue weighted by Crippen LogP contribution is -2.15. The molecule has 0 radical (unpaired) electrons. The second-order valence-corrected chi connectivity index (χ2v) is 9.85. The van der Waals surface area contributed by atoms with Crippen molar-refractivity contribution in [3.8, 4) is 17.0 Å². The first-order chi connectivity index (χ1) is 16.9. The molecule has 180 valence electrons. The van der Waals surface area contributed by atoms with E-state index in [1.165, 1.54) is 0 Å². The fraction of sp³-hybridized carbons (Fsp3) is 0.154. The highest BCUT2D eigenvalue weighted by Gasteiger charge is 2.19. The van der Waals surface area contributed by atoms with Crippen molar-refractivity contribution in [2.45, 2.75) is 13.5 Å². The van der Waals surface area contributed by atoms with Gasteiger partial charge in [0.05, 0.1) is 25.0 Å². The monoisotopic (exact) mass is 490 g/mol. The highest BCUT2D eigenvalue weighted by molar-refractivity contribution is 7.92. The molecule has 0 unspecified atom stereocenters. The van der Waals surface area contributed by atoms with E-state index in [1.807, 2.05) is 54.6 Å². The van der Waals surface area contributed by atoms with Crippen LogP contribution in [0, 0.1) is 0 Å². The Labute approximate surface area is 204 Å². The highest BCUT2D eigenvalue weighted by Crippen LogP contribution is 2.27. The van der Waals surface area contributed by atoms with Crippen LogP contribution < -0.4 is 14.8 Å². The summed E-state index contributed by atoms with van der Waals surface area (Å²) in [7, 11) is -1.79. The van der Waals surface area contributed by atoms with Gasteiger partial charge in [0.15, 0.2) is 0 Å². The Morgan fingerprint density at radius 3 is 2.37 bits per heavy atom. The first kappa shape index (κ1) is 24.0. The van der Waals surface area contributed by atoms with E-state index in [0.717, 1.165) is 11.1 Å². The molecule has 3 aromatic carbocycles. The van der Waals surface area contributed by atoms with Crippen LogP contribution in [-0.2, 0) is 16.6 Å². The third kappa shape index (κ3) is 6.07. The molecule has 1 aromatic heterocycles. The van der Waals surface area contributed by atoms with Gasteiger partial charge in [0.2, 0.25) is 10.0 Å². The van der Waals surface area contributed by atoms with Gasteiger partial charge in [0.1, 0.15) is 11.4 Å². The third-order valence-corrected chi connectivity index (χ3v) is 6.64. The molecule has 8 nitrogen and oxygen atoms in total. The molecule has 0 saturated carbocycles. The average Bonchev–Trinajstić information content (AvgIpc) is 3.30. The van der Waals surface area contributed by atoms with Crippen molar-refractivity contribution in [2.24, 2.45) is 0 Å². The maximum Gasteiger partial charge on any atom is 0.259 e. The summed E-state index contributed by atoms with van der Waals surface area (Å²) < 4.78 is 33.1. The van der Waals surface area contributed by atoms with Crippen LogP contribution in [0.5, 0.6) is 5.75 Å². The highest BCUT2D eigenvalue weighted by atomic mass is 32.2. The predicted molar refractivity (Wildman–Crippen MR) is 137 cm³/mol. The lowest BCUT2D eigenvalue weighted by Gasteiger charge is -2.09. The summed E-state index contributed by atoms with van der Waals surface area (Å²) in [5, 5.41) is 7.58. The minimum atomic E-state index is -3.38. The molecule has 0 aliphatic carbocycles. The molecule has 0 fully saturated rings. The van der Waals surface area contributed by atoms with E-state index in [4.69, 9.17) is 9.84 Å². The van der Waals surface area contributed by atoms with Crippen molar-refractivity contribution < 1.29 is 17.9 Å². The summed E-state index contributed by atoms with van der Waals surface area (Å²) in [6, 6.07) is 23.8. The number of nitrogens with zero attached hydrogens (tertiary/aromatic N) is 2. The number of rotatable bonds is 9. The molecule has 2 N–H and O–H groups in total. The van der Waals surface area contributed by atoms with E-state index in [-0.39, 0.29) is 11.7 Å². The van der Waals surface area contributed by atoms with Crippen LogP contribution in [0.4, 0.5) is 11.4 Å². The third-order valence-electron chi connectivity index (χ3n) is 5.33. The Morgan fingerprint density at radius 2 is 1.69 bits per heavy atom. The first-order valence-corrected chi connectivity index (χ1v) is 12.7. The molecule has 1 heterocycles. The predicted octanol–water partition coefficient (Wildman–Crippen LogP) is 4.62. The number of benzene rings is 3. The molecule has 0 atom stereocenters. The molecule has 4 rings (SSSR count). The van der Waals surface area contributed by atoms with E-state index in [0.29, 0.717) is 34.9 Å². The number of carbonyl (C=O) groups is 1. The molecular formula is C26H26N4O4S. The van der Waals surface area contributed by atoms with Gasteiger partial charge in [-0.15, -0.1) is 0 Å². The van der Waals surface area contributed by atoms with Crippen LogP contribution in [0.15, 0.2) is 85.1 Å². The number of aromatic nitrogens is 2. The van der Waals surface area contributed by atoms with E-state index in [2.05, 4.69) is 10.0 Å². The number of amides is 1. The minimum Gasteiger partial charge on any atom is -0.497 e. The second kappa shape index (κ2) is 10.4. The molecule has 0 saturated heterocycles. The van der Waals surface area contributed by atoms with Gasteiger partial charge in [0, 0.05) is 23.1 Å². The maximum atomic E-state index is 13.3. The van der Waals surface area contributed by atoms with E-state index in [1.54, 1.807) is 49.2 Å². The summed E-state index contributed by atoms with van der Waals surface area (Å²) in [6.07, 6.45) is 1.72. The van der Waals surface area contributed by atoms with Gasteiger partial charge in [-0.1, -0.05) is 42.5 Å². The molecule has 9 heteroatoms. The lowest BCUT2D eigenvalue weighted by atomic mass is 10.1. The fourth-order valence-electron chi connectivity index (χ4n) is 3.49. The van der Waals surface area contributed by atoms with Crippen LogP contribution in [0.25, 0.3) is 11.3 Å². The molecule has 0 aliphatic heterocycles. The Bertz CT molecular complexity index is 1420. The largest absolute Gasteiger partial charge is 0.497 e. The van der Waals surface area contributed by atoms with Crippen molar-refractivity contribution in [1.82, 2.24) is 9.78 Å². The van der Waals surface area contributed by atoms with E-state index < -0.39 is 10.0 Å². The van der Waals surface area contributed by atoms with Gasteiger partial charge in [-0.3, -0.25) is 14.2 Å². The number of methoxy groups -OCH3 is 1. The van der Waals surface area contributed by atoms with Gasteiger partial charge < -0.3 is 10.1 Å². The maximum absolute atomic E-state index is 13.3. The van der Waals surface area contributed by atoms with Crippen LogP contribution in [0.1, 0.15) is 22.8 Å². The zero-order valence-electron chi connectivity index (χ0n) is 19.4. The van der Waals surface area contributed by atoms with E-state index in [9.17, 15) is 13.2 Å². The number of anilines is 2. The molecule has 0 bridgehead atoms. The Kier molecular flexibility index (Phi) is 7.17. The van der Waals surface area contributed by atoms with Crippen molar-refractivity contribution in [1.29, 1.82) is 0 Å². The van der Waals surface area contributed by atoms with E-state index >= 15 is 0 Å². The average molecular weight is 491 g/mol. The number of carbonyl (C=O) groups excluding carboxylic acids is 1. The lowest BCUT2D eigenvalue weighted by molar-refractivity contribution is 0.102. The smallest absolute Gasteiger partial charge is 0.259 e. The summed E-state index contributed by atoms with van der Waals surface area (Å²) in [4.78, 5) is 13.3. The molecule has 35 heavy (non-hydrogen) atoms. The Hall–Kier alpha value is -4.11. The van der Waals surface area contributed by atoms with Gasteiger partial charge in [-0.25, -0.2) is 8.42 Å². The van der Waals surface area contributed by atoms with Gasteiger partial charge in [0.25, 0.3) is 5.91 Å². The quantitative estimate of drug-likeness (QED) is 0.356. The van der Waals surface area contributed by atoms with Crippen molar-refractivity contribution in [2.75, 3.05) is 22.9 Å².